The summed E-state index contributed by atoms with van der Waals surface area (Å²) in [4.78, 5) is 0. The molecular weight excluding hydrogens is 140 g/mol. The third-order valence-electron chi connectivity index (χ3n) is 2.47. The fourth-order valence-corrected chi connectivity index (χ4v) is 1.75. The largest absolute Gasteiger partial charge is 0.394 e. The van der Waals surface area contributed by atoms with Crippen LogP contribution in [0.4, 0.5) is 0 Å². The Morgan fingerprint density at radius 1 is 1.82 bits per heavy atom. The number of methoxy groups -OCH3 is 1. The second-order valence-electron chi connectivity index (χ2n) is 3.11. The topological polar surface area (TPSA) is 29.5 Å². The highest BCUT2D eigenvalue weighted by Crippen LogP contribution is 2.32. The minimum Gasteiger partial charge on any atom is -0.394 e. The molecule has 0 saturated heterocycles. The minimum absolute atomic E-state index is 0.0231. The van der Waals surface area contributed by atoms with Crippen LogP contribution in [-0.2, 0) is 4.74 Å². The van der Waals surface area contributed by atoms with Crippen molar-refractivity contribution in [1.29, 1.82) is 0 Å². The molecule has 0 aliphatic heterocycles. The second kappa shape index (κ2) is 3.88. The Morgan fingerprint density at radius 3 is 2.91 bits per heavy atom. The van der Waals surface area contributed by atoms with Gasteiger partial charge in [-0.2, -0.15) is 0 Å². The van der Waals surface area contributed by atoms with Crippen molar-refractivity contribution in [3.8, 4) is 0 Å². The van der Waals surface area contributed by atoms with Crippen LogP contribution in [0.1, 0.15) is 19.3 Å². The predicted molar refractivity (Wildman–Crippen MR) is 44.4 cm³/mol. The number of hydrogen-bond donors (Lipinski definition) is 1. The summed E-state index contributed by atoms with van der Waals surface area (Å²) in [6.45, 7) is 4.07. The van der Waals surface area contributed by atoms with E-state index >= 15 is 0 Å². The molecule has 1 aliphatic rings. The SMILES string of the molecule is C=C1CCC[C@H]1[C@H](CO)OC. The van der Waals surface area contributed by atoms with Gasteiger partial charge in [0.25, 0.3) is 0 Å². The fourth-order valence-electron chi connectivity index (χ4n) is 1.75. The maximum absolute atomic E-state index is 8.94. The first-order chi connectivity index (χ1) is 5.29. The van der Waals surface area contributed by atoms with E-state index in [0.717, 1.165) is 12.8 Å². The molecule has 2 heteroatoms. The zero-order chi connectivity index (χ0) is 8.27. The molecule has 64 valence electrons. The molecule has 0 aromatic carbocycles. The number of rotatable bonds is 3. The fraction of sp³-hybridized carbons (Fsp3) is 0.778. The number of aliphatic hydroxyl groups excluding tert-OH is 1. The van der Waals surface area contributed by atoms with Crippen molar-refractivity contribution in [1.82, 2.24) is 0 Å². The first kappa shape index (κ1) is 8.75. The van der Waals surface area contributed by atoms with Crippen LogP contribution in [0.15, 0.2) is 12.2 Å². The van der Waals surface area contributed by atoms with Gasteiger partial charge in [0, 0.05) is 13.0 Å². The van der Waals surface area contributed by atoms with Crippen LogP contribution >= 0.6 is 0 Å². The zero-order valence-corrected chi connectivity index (χ0v) is 7.05. The lowest BCUT2D eigenvalue weighted by molar-refractivity contribution is 0.0196. The minimum atomic E-state index is -0.0231. The molecule has 2 atom stereocenters. The van der Waals surface area contributed by atoms with E-state index < -0.39 is 0 Å². The Morgan fingerprint density at radius 2 is 2.55 bits per heavy atom. The number of hydrogen-bond acceptors (Lipinski definition) is 2. The van der Waals surface area contributed by atoms with E-state index in [-0.39, 0.29) is 12.7 Å². The molecule has 0 aromatic heterocycles. The second-order valence-corrected chi connectivity index (χ2v) is 3.11. The molecule has 0 spiro atoms. The Hall–Kier alpha value is -0.340. The summed E-state index contributed by atoms with van der Waals surface area (Å²) in [5, 5.41) is 8.94. The van der Waals surface area contributed by atoms with Crippen LogP contribution in [0.3, 0.4) is 0 Å². The van der Waals surface area contributed by atoms with Crippen molar-refractivity contribution in [2.75, 3.05) is 13.7 Å². The van der Waals surface area contributed by atoms with Gasteiger partial charge in [0.15, 0.2) is 0 Å². The van der Waals surface area contributed by atoms with E-state index in [9.17, 15) is 0 Å². The van der Waals surface area contributed by atoms with Gasteiger partial charge in [0.05, 0.1) is 12.7 Å². The average Bonchev–Trinajstić information content (AvgIpc) is 2.40. The van der Waals surface area contributed by atoms with Crippen molar-refractivity contribution in [3.05, 3.63) is 12.2 Å². The van der Waals surface area contributed by atoms with Gasteiger partial charge in [-0.05, 0) is 19.3 Å². The first-order valence-corrected chi connectivity index (χ1v) is 4.11. The van der Waals surface area contributed by atoms with Crippen LogP contribution < -0.4 is 0 Å². The molecule has 0 amide bonds. The van der Waals surface area contributed by atoms with Gasteiger partial charge in [-0.1, -0.05) is 12.2 Å². The lowest BCUT2D eigenvalue weighted by Crippen LogP contribution is -2.25. The van der Waals surface area contributed by atoms with E-state index in [2.05, 4.69) is 6.58 Å². The normalized spacial score (nSPS) is 27.5. The monoisotopic (exact) mass is 156 g/mol. The van der Waals surface area contributed by atoms with Gasteiger partial charge in [-0.25, -0.2) is 0 Å². The van der Waals surface area contributed by atoms with Gasteiger partial charge >= 0.3 is 0 Å². The Labute approximate surface area is 67.9 Å². The molecule has 1 fully saturated rings. The highest BCUT2D eigenvalue weighted by molar-refractivity contribution is 5.08. The summed E-state index contributed by atoms with van der Waals surface area (Å²) in [5.74, 6) is 0.394. The van der Waals surface area contributed by atoms with Gasteiger partial charge in [0.1, 0.15) is 0 Å². The summed E-state index contributed by atoms with van der Waals surface area (Å²) in [6.07, 6.45) is 3.40. The molecule has 0 heterocycles. The van der Waals surface area contributed by atoms with E-state index in [1.165, 1.54) is 12.0 Å². The van der Waals surface area contributed by atoms with Gasteiger partial charge in [-0.15, -0.1) is 0 Å². The smallest absolute Gasteiger partial charge is 0.0866 e. The number of ether oxygens (including phenoxy) is 1. The Balaban J connectivity index is 2.49. The molecule has 1 N–H and O–H groups in total. The van der Waals surface area contributed by atoms with Crippen molar-refractivity contribution >= 4 is 0 Å². The van der Waals surface area contributed by atoms with E-state index in [0.29, 0.717) is 5.92 Å². The predicted octanol–water partition coefficient (Wildman–Crippen LogP) is 1.35. The molecule has 1 aliphatic carbocycles. The van der Waals surface area contributed by atoms with Crippen molar-refractivity contribution in [3.63, 3.8) is 0 Å². The molecule has 2 nitrogen and oxygen atoms in total. The third kappa shape index (κ3) is 1.82. The highest BCUT2D eigenvalue weighted by Gasteiger charge is 2.26. The van der Waals surface area contributed by atoms with Gasteiger partial charge in [-0.3, -0.25) is 0 Å². The van der Waals surface area contributed by atoms with E-state index in [1.54, 1.807) is 7.11 Å². The van der Waals surface area contributed by atoms with Crippen molar-refractivity contribution < 1.29 is 9.84 Å². The van der Waals surface area contributed by atoms with Crippen LogP contribution in [0, 0.1) is 5.92 Å². The molecule has 1 saturated carbocycles. The standard InChI is InChI=1S/C9H16O2/c1-7-4-3-5-8(7)9(6-10)11-2/h8-10H,1,3-6H2,2H3/t8-,9+/m1/s1. The first-order valence-electron chi connectivity index (χ1n) is 4.11. The van der Waals surface area contributed by atoms with E-state index in [4.69, 9.17) is 9.84 Å². The summed E-state index contributed by atoms with van der Waals surface area (Å²) in [6, 6.07) is 0. The molecule has 0 unspecified atom stereocenters. The van der Waals surface area contributed by atoms with Crippen molar-refractivity contribution in [2.24, 2.45) is 5.92 Å². The third-order valence-corrected chi connectivity index (χ3v) is 2.47. The molecule has 0 aromatic rings. The Kier molecular flexibility index (Phi) is 3.09. The lowest BCUT2D eigenvalue weighted by Gasteiger charge is -2.20. The van der Waals surface area contributed by atoms with Crippen LogP contribution in [0.5, 0.6) is 0 Å². The summed E-state index contributed by atoms with van der Waals surface area (Å²) in [7, 11) is 1.65. The summed E-state index contributed by atoms with van der Waals surface area (Å²) < 4.78 is 5.14. The maximum Gasteiger partial charge on any atom is 0.0866 e. The van der Waals surface area contributed by atoms with Crippen molar-refractivity contribution in [2.45, 2.75) is 25.4 Å². The molecule has 0 radical (unpaired) electrons. The zero-order valence-electron chi connectivity index (χ0n) is 7.05. The molecule has 0 bridgehead atoms. The Bertz CT molecular complexity index is 138. The van der Waals surface area contributed by atoms with Gasteiger partial charge < -0.3 is 9.84 Å². The van der Waals surface area contributed by atoms with Crippen LogP contribution in [0.25, 0.3) is 0 Å². The molecular formula is C9H16O2. The molecule has 11 heavy (non-hydrogen) atoms. The quantitative estimate of drug-likeness (QED) is 0.625. The maximum atomic E-state index is 8.94. The van der Waals surface area contributed by atoms with Crippen LogP contribution in [-0.4, -0.2) is 24.9 Å². The lowest BCUT2D eigenvalue weighted by atomic mass is 9.98. The van der Waals surface area contributed by atoms with Gasteiger partial charge in [0.2, 0.25) is 0 Å². The molecule has 1 rings (SSSR count). The summed E-state index contributed by atoms with van der Waals surface area (Å²) >= 11 is 0. The summed E-state index contributed by atoms with van der Waals surface area (Å²) in [5.41, 5.74) is 1.24. The number of aliphatic hydroxyl groups is 1. The van der Waals surface area contributed by atoms with Crippen LogP contribution in [0.2, 0.25) is 0 Å². The van der Waals surface area contributed by atoms with E-state index in [1.807, 2.05) is 0 Å². The average molecular weight is 156 g/mol. The highest BCUT2D eigenvalue weighted by atomic mass is 16.5.